The first-order chi connectivity index (χ1) is 3.73. The van der Waals surface area contributed by atoms with Crippen LogP contribution in [0.3, 0.4) is 0 Å². The van der Waals surface area contributed by atoms with Crippen molar-refractivity contribution in [2.75, 3.05) is 0 Å². The van der Waals surface area contributed by atoms with Gasteiger partial charge < -0.3 is 4.90 Å². The SMILES string of the molecule is CC1(C)C2SC=CN21. The molecule has 44 valence electrons. The Kier molecular flexibility index (Phi) is 0.639. The smallest absolute Gasteiger partial charge is 0.102 e. The predicted molar refractivity (Wildman–Crippen MR) is 36.4 cm³/mol. The minimum Gasteiger partial charge on any atom is -0.354 e. The summed E-state index contributed by atoms with van der Waals surface area (Å²) in [6.45, 7) is 4.54. The topological polar surface area (TPSA) is 3.01 Å². The summed E-state index contributed by atoms with van der Waals surface area (Å²) >= 11 is 1.92. The van der Waals surface area contributed by atoms with E-state index in [0.29, 0.717) is 5.54 Å². The average Bonchev–Trinajstić information content (AvgIpc) is 2.22. The molecule has 0 aromatic rings. The zero-order valence-corrected chi connectivity index (χ0v) is 5.90. The van der Waals surface area contributed by atoms with Crippen LogP contribution in [0.25, 0.3) is 0 Å². The maximum atomic E-state index is 2.37. The lowest BCUT2D eigenvalue weighted by molar-refractivity contribution is 0.576. The van der Waals surface area contributed by atoms with Crippen molar-refractivity contribution in [1.29, 1.82) is 0 Å². The van der Waals surface area contributed by atoms with Gasteiger partial charge in [0, 0.05) is 6.20 Å². The van der Waals surface area contributed by atoms with Crippen LogP contribution in [0.15, 0.2) is 11.6 Å². The van der Waals surface area contributed by atoms with E-state index in [1.54, 1.807) is 0 Å². The molecule has 0 saturated carbocycles. The second kappa shape index (κ2) is 1.08. The van der Waals surface area contributed by atoms with Crippen LogP contribution in [0.4, 0.5) is 0 Å². The third-order valence-electron chi connectivity index (χ3n) is 1.88. The van der Waals surface area contributed by atoms with Crippen molar-refractivity contribution >= 4 is 11.8 Å². The minimum atomic E-state index is 0.472. The highest BCUT2D eigenvalue weighted by Crippen LogP contribution is 2.52. The van der Waals surface area contributed by atoms with Crippen molar-refractivity contribution in [2.24, 2.45) is 0 Å². The fourth-order valence-corrected chi connectivity index (χ4v) is 2.37. The van der Waals surface area contributed by atoms with Crippen LogP contribution in [0.2, 0.25) is 0 Å². The van der Waals surface area contributed by atoms with E-state index in [2.05, 4.69) is 30.4 Å². The lowest BCUT2D eigenvalue weighted by atomic mass is 10.2. The molecular weight excluding hydrogens is 118 g/mol. The third-order valence-corrected chi connectivity index (χ3v) is 3.22. The van der Waals surface area contributed by atoms with Gasteiger partial charge in [0.25, 0.3) is 0 Å². The van der Waals surface area contributed by atoms with Crippen LogP contribution in [0, 0.1) is 0 Å². The lowest BCUT2D eigenvalue weighted by Crippen LogP contribution is -2.04. The zero-order chi connectivity index (χ0) is 5.78. The van der Waals surface area contributed by atoms with Gasteiger partial charge in [0.15, 0.2) is 0 Å². The molecule has 2 heterocycles. The number of hydrogen-bond acceptors (Lipinski definition) is 2. The van der Waals surface area contributed by atoms with Crippen molar-refractivity contribution in [3.05, 3.63) is 11.6 Å². The lowest BCUT2D eigenvalue weighted by Gasteiger charge is -1.99. The van der Waals surface area contributed by atoms with Gasteiger partial charge in [-0.05, 0) is 19.3 Å². The molecule has 1 fully saturated rings. The predicted octanol–water partition coefficient (Wildman–Crippen LogP) is 1.62. The number of rotatable bonds is 0. The largest absolute Gasteiger partial charge is 0.354 e. The Hall–Kier alpha value is -0.110. The Labute approximate surface area is 53.7 Å². The maximum absolute atomic E-state index is 2.37. The van der Waals surface area contributed by atoms with Gasteiger partial charge in [-0.3, -0.25) is 0 Å². The van der Waals surface area contributed by atoms with Crippen LogP contribution in [-0.2, 0) is 0 Å². The molecule has 2 rings (SSSR count). The van der Waals surface area contributed by atoms with Crippen molar-refractivity contribution in [2.45, 2.75) is 24.8 Å². The normalized spacial score (nSPS) is 37.8. The summed E-state index contributed by atoms with van der Waals surface area (Å²) < 4.78 is 0. The van der Waals surface area contributed by atoms with E-state index in [1.807, 2.05) is 11.8 Å². The summed E-state index contributed by atoms with van der Waals surface area (Å²) in [4.78, 5) is 2.37. The summed E-state index contributed by atoms with van der Waals surface area (Å²) in [5, 5.41) is 2.93. The zero-order valence-electron chi connectivity index (χ0n) is 5.09. The fraction of sp³-hybridized carbons (Fsp3) is 0.667. The number of fused-ring (bicyclic) bond motifs is 1. The van der Waals surface area contributed by atoms with Gasteiger partial charge in [-0.15, -0.1) is 11.8 Å². The molecule has 0 bridgehead atoms. The molecule has 2 heteroatoms. The van der Waals surface area contributed by atoms with Crippen molar-refractivity contribution in [1.82, 2.24) is 4.90 Å². The number of hydrogen-bond donors (Lipinski definition) is 0. The van der Waals surface area contributed by atoms with Crippen LogP contribution in [0.5, 0.6) is 0 Å². The Bertz CT molecular complexity index is 151. The first-order valence-corrected chi connectivity index (χ1v) is 3.78. The first kappa shape index (κ1) is 4.74. The van der Waals surface area contributed by atoms with Gasteiger partial charge >= 0.3 is 0 Å². The molecule has 0 aliphatic carbocycles. The Balaban J connectivity index is 2.24. The van der Waals surface area contributed by atoms with E-state index in [4.69, 9.17) is 0 Å². The summed E-state index contributed by atoms with van der Waals surface area (Å²) in [7, 11) is 0. The fourth-order valence-electron chi connectivity index (χ4n) is 1.16. The Morgan fingerprint density at radius 3 is 2.62 bits per heavy atom. The molecule has 0 radical (unpaired) electrons. The van der Waals surface area contributed by atoms with Gasteiger partial charge in [-0.1, -0.05) is 0 Å². The molecule has 8 heavy (non-hydrogen) atoms. The molecule has 1 unspecified atom stereocenters. The second-order valence-corrected chi connectivity index (χ2v) is 3.83. The standard InChI is InChI=1S/C6H9NS/c1-6(2)5-7(6)3-4-8-5/h3-5H,1-2H3. The van der Waals surface area contributed by atoms with Gasteiger partial charge in [0.05, 0.1) is 5.54 Å². The van der Waals surface area contributed by atoms with Crippen molar-refractivity contribution in [3.8, 4) is 0 Å². The van der Waals surface area contributed by atoms with E-state index in [1.165, 1.54) is 0 Å². The van der Waals surface area contributed by atoms with E-state index in [0.717, 1.165) is 5.37 Å². The van der Waals surface area contributed by atoms with Gasteiger partial charge in [-0.25, -0.2) is 0 Å². The Morgan fingerprint density at radius 1 is 1.62 bits per heavy atom. The van der Waals surface area contributed by atoms with Gasteiger partial charge in [0.2, 0.25) is 0 Å². The van der Waals surface area contributed by atoms with Crippen LogP contribution >= 0.6 is 11.8 Å². The third kappa shape index (κ3) is 0.356. The van der Waals surface area contributed by atoms with Crippen LogP contribution in [-0.4, -0.2) is 15.8 Å². The molecule has 2 aliphatic heterocycles. The van der Waals surface area contributed by atoms with Crippen LogP contribution in [0.1, 0.15) is 13.8 Å². The maximum Gasteiger partial charge on any atom is 0.102 e. The summed E-state index contributed by atoms with van der Waals surface area (Å²) in [6, 6.07) is 0. The van der Waals surface area contributed by atoms with E-state index >= 15 is 0 Å². The quantitative estimate of drug-likeness (QED) is 0.455. The molecule has 1 nitrogen and oxygen atoms in total. The molecule has 1 saturated heterocycles. The highest BCUT2D eigenvalue weighted by molar-refractivity contribution is 8.03. The van der Waals surface area contributed by atoms with E-state index in [9.17, 15) is 0 Å². The summed E-state index contributed by atoms with van der Waals surface area (Å²) in [5.41, 5.74) is 0.472. The van der Waals surface area contributed by atoms with E-state index in [-0.39, 0.29) is 0 Å². The second-order valence-electron chi connectivity index (χ2n) is 2.83. The minimum absolute atomic E-state index is 0.472. The highest BCUT2D eigenvalue weighted by atomic mass is 32.2. The average molecular weight is 127 g/mol. The Morgan fingerprint density at radius 2 is 2.38 bits per heavy atom. The molecule has 1 atom stereocenters. The molecule has 0 aromatic carbocycles. The molecule has 2 aliphatic rings. The van der Waals surface area contributed by atoms with Crippen molar-refractivity contribution in [3.63, 3.8) is 0 Å². The van der Waals surface area contributed by atoms with E-state index < -0.39 is 0 Å². The summed E-state index contributed by atoms with van der Waals surface area (Å²) in [6.07, 6.45) is 2.18. The molecular formula is C6H9NS. The molecule has 0 N–H and O–H groups in total. The monoisotopic (exact) mass is 127 g/mol. The van der Waals surface area contributed by atoms with Gasteiger partial charge in [-0.2, -0.15) is 0 Å². The highest BCUT2D eigenvalue weighted by Gasteiger charge is 2.55. The van der Waals surface area contributed by atoms with Crippen LogP contribution < -0.4 is 0 Å². The summed E-state index contributed by atoms with van der Waals surface area (Å²) in [5.74, 6) is 0. The molecule has 0 amide bonds. The molecule has 0 aromatic heterocycles. The van der Waals surface area contributed by atoms with Gasteiger partial charge in [0.1, 0.15) is 5.37 Å². The number of thioether (sulfide) groups is 1. The number of nitrogens with zero attached hydrogens (tertiary/aromatic N) is 1. The first-order valence-electron chi connectivity index (χ1n) is 2.83. The van der Waals surface area contributed by atoms with Crippen molar-refractivity contribution < 1.29 is 0 Å². The molecule has 0 spiro atoms.